The summed E-state index contributed by atoms with van der Waals surface area (Å²) in [6.07, 6.45) is 0. The molecule has 0 atom stereocenters. The number of para-hydroxylation sites is 8. The highest BCUT2D eigenvalue weighted by Crippen LogP contribution is 2.47. The molecule has 0 N–H and O–H groups in total. The first kappa shape index (κ1) is 64.7. The summed E-state index contributed by atoms with van der Waals surface area (Å²) < 4.78 is 14.5. The van der Waals surface area contributed by atoms with Crippen molar-refractivity contribution in [1.82, 2.24) is 27.4 Å². The zero-order valence-electron chi connectivity index (χ0n) is 62.1. The minimum Gasteiger partial charge on any atom is -0.309 e. The van der Waals surface area contributed by atoms with Crippen molar-refractivity contribution in [1.29, 1.82) is 0 Å². The van der Waals surface area contributed by atoms with Gasteiger partial charge in [0.1, 0.15) is 0 Å². The minimum atomic E-state index is 1.14. The molecule has 0 aliphatic carbocycles. The van der Waals surface area contributed by atoms with Crippen molar-refractivity contribution in [2.45, 2.75) is 0 Å². The number of rotatable bonds is 10. The van der Waals surface area contributed by atoms with Gasteiger partial charge < -0.3 is 27.4 Å². The Bertz CT molecular complexity index is 7770. The lowest BCUT2D eigenvalue weighted by Gasteiger charge is -2.11. The van der Waals surface area contributed by atoms with Crippen LogP contribution in [-0.2, 0) is 0 Å². The largest absolute Gasteiger partial charge is 0.309 e. The first-order valence-corrected chi connectivity index (χ1v) is 39.2. The second-order valence-corrected chi connectivity index (χ2v) is 29.9. The highest BCUT2D eigenvalue weighted by Gasteiger charge is 2.25. The van der Waals surface area contributed by atoms with Crippen LogP contribution in [0.2, 0.25) is 0 Å². The van der Waals surface area contributed by atoms with Crippen LogP contribution in [0.4, 0.5) is 0 Å². The SMILES string of the molecule is c1ccc(-c2ccc(-n3c4ccc(-c5ccc6c(c5)c5ccccc5n6-c5ccccc5)cc4c4c5c6ccccc6n(-c6ccccc6)c5ccc43)cc2)cc1.c1ccc(-c2ccc(-n3c4ccc(-c5ccc6c(c5)c5ccccc5n6-c5ccccc5)cc4c4cc5c(cc43)c3ccccc3n5-c3ccccc3)cc2)cc1. The molecule has 6 nitrogen and oxygen atoms in total. The molecule has 0 radical (unpaired) electrons. The molecular formula is C108H70N6. The molecule has 0 fully saturated rings. The van der Waals surface area contributed by atoms with Gasteiger partial charge >= 0.3 is 0 Å². The lowest BCUT2D eigenvalue weighted by Crippen LogP contribution is -1.95. The summed E-state index contributed by atoms with van der Waals surface area (Å²) in [5, 5.41) is 15.0. The van der Waals surface area contributed by atoms with Gasteiger partial charge in [0.2, 0.25) is 0 Å². The molecule has 6 heterocycles. The fourth-order valence-electron chi connectivity index (χ4n) is 18.6. The molecule has 6 aromatic heterocycles. The van der Waals surface area contributed by atoms with Crippen LogP contribution in [0, 0.1) is 0 Å². The Morgan fingerprint density at radius 2 is 0.307 bits per heavy atom. The van der Waals surface area contributed by atoms with Gasteiger partial charge in [-0.15, -0.1) is 0 Å². The van der Waals surface area contributed by atoms with Crippen LogP contribution in [0.3, 0.4) is 0 Å². The molecular weight excluding hydrogens is 1380 g/mol. The molecule has 0 unspecified atom stereocenters. The third-order valence-electron chi connectivity index (χ3n) is 23.7. The maximum atomic E-state index is 2.45. The Hall–Kier alpha value is -15.2. The Balaban J connectivity index is 0.000000135. The van der Waals surface area contributed by atoms with E-state index in [4.69, 9.17) is 0 Å². The van der Waals surface area contributed by atoms with E-state index < -0.39 is 0 Å². The van der Waals surface area contributed by atoms with Crippen molar-refractivity contribution >= 4 is 131 Å². The highest BCUT2D eigenvalue weighted by molar-refractivity contribution is 6.29. The average molecular weight is 1450 g/mol. The topological polar surface area (TPSA) is 29.6 Å². The van der Waals surface area contributed by atoms with Crippen molar-refractivity contribution in [3.63, 3.8) is 0 Å². The van der Waals surface area contributed by atoms with Crippen molar-refractivity contribution in [2.75, 3.05) is 0 Å². The molecule has 532 valence electrons. The van der Waals surface area contributed by atoms with Crippen LogP contribution in [0.15, 0.2) is 425 Å². The molecule has 0 spiro atoms. The Morgan fingerprint density at radius 1 is 0.105 bits per heavy atom. The number of aromatic nitrogens is 6. The zero-order valence-corrected chi connectivity index (χ0v) is 62.1. The monoisotopic (exact) mass is 1450 g/mol. The van der Waals surface area contributed by atoms with Crippen molar-refractivity contribution in [2.24, 2.45) is 0 Å². The molecule has 0 saturated heterocycles. The molecule has 0 aliphatic heterocycles. The minimum absolute atomic E-state index is 1.14. The van der Waals surface area contributed by atoms with Crippen LogP contribution < -0.4 is 0 Å². The van der Waals surface area contributed by atoms with E-state index in [1.54, 1.807) is 0 Å². The summed E-state index contributed by atoms with van der Waals surface area (Å²) in [6, 6.07) is 155. The van der Waals surface area contributed by atoms with Crippen LogP contribution in [0.1, 0.15) is 0 Å². The van der Waals surface area contributed by atoms with Crippen LogP contribution in [0.25, 0.3) is 209 Å². The molecule has 0 amide bonds. The van der Waals surface area contributed by atoms with Gasteiger partial charge in [-0.05, 0) is 214 Å². The number of fused-ring (bicyclic) bond motifs is 19. The quantitative estimate of drug-likeness (QED) is 0.131. The molecule has 0 saturated carbocycles. The van der Waals surface area contributed by atoms with Crippen molar-refractivity contribution in [3.8, 4) is 78.6 Å². The Kier molecular flexibility index (Phi) is 14.9. The van der Waals surface area contributed by atoms with E-state index in [0.29, 0.717) is 0 Å². The third-order valence-corrected chi connectivity index (χ3v) is 23.7. The van der Waals surface area contributed by atoms with E-state index in [-0.39, 0.29) is 0 Å². The van der Waals surface area contributed by atoms with Crippen molar-refractivity contribution < 1.29 is 0 Å². The summed E-state index contributed by atoms with van der Waals surface area (Å²) in [4.78, 5) is 0. The Labute approximate surface area is 657 Å². The number of benzene rings is 18. The predicted molar refractivity (Wildman–Crippen MR) is 481 cm³/mol. The molecule has 0 bridgehead atoms. The van der Waals surface area contributed by atoms with Gasteiger partial charge in [-0.3, -0.25) is 0 Å². The Morgan fingerprint density at radius 3 is 0.667 bits per heavy atom. The van der Waals surface area contributed by atoms with Gasteiger partial charge in [-0.1, -0.05) is 255 Å². The molecule has 24 rings (SSSR count). The highest BCUT2D eigenvalue weighted by atomic mass is 15.0. The third kappa shape index (κ3) is 10.3. The fraction of sp³-hybridized carbons (Fsp3) is 0. The number of nitrogens with zero attached hydrogens (tertiary/aromatic N) is 6. The first-order chi connectivity index (χ1) is 56.6. The van der Waals surface area contributed by atoms with Gasteiger partial charge in [-0.2, -0.15) is 0 Å². The maximum Gasteiger partial charge on any atom is 0.0548 e. The lowest BCUT2D eigenvalue weighted by atomic mass is 9.99. The van der Waals surface area contributed by atoms with E-state index in [9.17, 15) is 0 Å². The first-order valence-electron chi connectivity index (χ1n) is 39.2. The smallest absolute Gasteiger partial charge is 0.0548 e. The second-order valence-electron chi connectivity index (χ2n) is 29.9. The van der Waals surface area contributed by atoms with Gasteiger partial charge in [0, 0.05) is 98.8 Å². The molecule has 114 heavy (non-hydrogen) atoms. The van der Waals surface area contributed by atoms with Gasteiger partial charge in [0.15, 0.2) is 0 Å². The summed E-state index contributed by atoms with van der Waals surface area (Å²) >= 11 is 0. The second kappa shape index (κ2) is 26.2. The fourth-order valence-corrected chi connectivity index (χ4v) is 18.6. The summed E-state index contributed by atoms with van der Waals surface area (Å²) in [5.74, 6) is 0. The average Bonchev–Trinajstić information content (AvgIpc) is 1.55. The number of hydrogen-bond donors (Lipinski definition) is 0. The van der Waals surface area contributed by atoms with Crippen LogP contribution in [0.5, 0.6) is 0 Å². The van der Waals surface area contributed by atoms with Gasteiger partial charge in [-0.25, -0.2) is 0 Å². The van der Waals surface area contributed by atoms with E-state index in [0.717, 1.165) is 22.7 Å². The molecule has 0 aliphatic rings. The summed E-state index contributed by atoms with van der Waals surface area (Å²) in [5.41, 5.74) is 31.0. The van der Waals surface area contributed by atoms with E-state index in [2.05, 4.69) is 452 Å². The van der Waals surface area contributed by atoms with Crippen LogP contribution >= 0.6 is 0 Å². The van der Waals surface area contributed by atoms with Gasteiger partial charge in [0.25, 0.3) is 0 Å². The molecule has 6 heteroatoms. The molecule has 18 aromatic carbocycles. The molecule has 24 aromatic rings. The summed E-state index contributed by atoms with van der Waals surface area (Å²) in [7, 11) is 0. The maximum absolute atomic E-state index is 2.45. The normalized spacial score (nSPS) is 11.9. The summed E-state index contributed by atoms with van der Waals surface area (Å²) in [6.45, 7) is 0. The predicted octanol–water partition coefficient (Wildman–Crippen LogP) is 28.6. The number of hydrogen-bond acceptors (Lipinski definition) is 0. The lowest BCUT2D eigenvalue weighted by molar-refractivity contribution is 1.17. The standard InChI is InChI=1S/2C54H35N3/c1-4-14-36(15-5-1)37-24-28-42(29-25-37)57-52-31-27-39(38-26-30-51-45(32-38)43-20-10-12-22-49(43)55(51)40-16-6-2-7-17-40)33-46(52)48-35-53-47(34-54(48)57)44-21-11-13-23-50(44)56(53)41-18-8-3-9-19-41;1-4-14-36(15-5-1)37-24-28-42(29-25-37)57-50-31-27-39(38-26-30-49-45(34-38)43-20-10-12-22-47(43)55(49)40-16-6-2-7-17-40)35-46(50)54-52(57)33-32-51-53(54)44-21-11-13-23-48(44)56(51)41-18-8-3-9-19-41/h2*1-35H. The zero-order chi connectivity index (χ0) is 74.9. The van der Waals surface area contributed by atoms with Gasteiger partial charge in [0.05, 0.1) is 66.2 Å². The van der Waals surface area contributed by atoms with E-state index in [1.807, 2.05) is 0 Å². The van der Waals surface area contributed by atoms with E-state index >= 15 is 0 Å². The van der Waals surface area contributed by atoms with Crippen LogP contribution in [-0.4, -0.2) is 27.4 Å². The van der Waals surface area contributed by atoms with Crippen molar-refractivity contribution in [3.05, 3.63) is 425 Å². The van der Waals surface area contributed by atoms with E-state index in [1.165, 1.54) is 187 Å².